The molecule has 1 spiro atoms. The Hall–Kier alpha value is -1.95. The quantitative estimate of drug-likeness (QED) is 0.814. The highest BCUT2D eigenvalue weighted by molar-refractivity contribution is 5.96. The summed E-state index contributed by atoms with van der Waals surface area (Å²) < 4.78 is 13.6. The number of hydrogen-bond acceptors (Lipinski definition) is 3. The van der Waals surface area contributed by atoms with Crippen LogP contribution in [0.15, 0.2) is 24.3 Å². The number of hydrogen-bond donors (Lipinski definition) is 0. The van der Waals surface area contributed by atoms with Crippen LogP contribution in [-0.2, 0) is 9.59 Å². The van der Waals surface area contributed by atoms with Crippen LogP contribution in [0.4, 0.5) is 10.1 Å². The van der Waals surface area contributed by atoms with E-state index in [1.807, 2.05) is 11.9 Å². The summed E-state index contributed by atoms with van der Waals surface area (Å²) in [5.74, 6) is 0.0963. The third-order valence-corrected chi connectivity index (χ3v) is 6.40. The number of nitrogens with zero attached hydrogens (tertiary/aromatic N) is 3. The molecule has 0 aromatic heterocycles. The molecular weight excluding hydrogens is 333 g/mol. The first-order valence-corrected chi connectivity index (χ1v) is 9.54. The van der Waals surface area contributed by atoms with Gasteiger partial charge < -0.3 is 9.80 Å². The standard InChI is InChI=1S/C20H26FN3O2/c1-22-12-18(25)24(17-8-4-7-16(21)11-17)14-20(22)9-10-23(13-20)19(26)15-5-2-3-6-15/h4,7-8,11,15H,2-3,5-6,9-10,12-14H2,1H3. The second kappa shape index (κ2) is 6.65. The van der Waals surface area contributed by atoms with Gasteiger partial charge in [-0.3, -0.25) is 14.5 Å². The van der Waals surface area contributed by atoms with Crippen molar-refractivity contribution < 1.29 is 14.0 Å². The summed E-state index contributed by atoms with van der Waals surface area (Å²) in [5, 5.41) is 0. The average molecular weight is 359 g/mol. The molecule has 5 nitrogen and oxygen atoms in total. The molecular formula is C20H26FN3O2. The largest absolute Gasteiger partial charge is 0.340 e. The zero-order chi connectivity index (χ0) is 18.3. The minimum atomic E-state index is -0.340. The maximum Gasteiger partial charge on any atom is 0.241 e. The SMILES string of the molecule is CN1CC(=O)N(c2cccc(F)c2)CC12CCN(C(=O)C1CCCC1)C2. The minimum Gasteiger partial charge on any atom is -0.340 e. The highest BCUT2D eigenvalue weighted by Crippen LogP contribution is 2.35. The van der Waals surface area contributed by atoms with Crippen LogP contribution in [0.25, 0.3) is 0 Å². The third-order valence-electron chi connectivity index (χ3n) is 6.40. The van der Waals surface area contributed by atoms with Crippen molar-refractivity contribution in [1.82, 2.24) is 9.80 Å². The van der Waals surface area contributed by atoms with Crippen molar-refractivity contribution in [2.24, 2.45) is 5.92 Å². The van der Waals surface area contributed by atoms with Gasteiger partial charge in [0.05, 0.1) is 12.1 Å². The Morgan fingerprint density at radius 3 is 2.73 bits per heavy atom. The number of amides is 2. The molecule has 2 aliphatic heterocycles. The second-order valence-electron chi connectivity index (χ2n) is 8.03. The molecule has 1 atom stereocenters. The van der Waals surface area contributed by atoms with Gasteiger partial charge in [0, 0.05) is 31.2 Å². The fourth-order valence-corrected chi connectivity index (χ4v) is 4.75. The van der Waals surface area contributed by atoms with Gasteiger partial charge in [-0.25, -0.2) is 4.39 Å². The third kappa shape index (κ3) is 3.00. The fourth-order valence-electron chi connectivity index (χ4n) is 4.75. The van der Waals surface area contributed by atoms with E-state index in [4.69, 9.17) is 0 Å². The highest BCUT2D eigenvalue weighted by Gasteiger charge is 2.49. The molecule has 3 fully saturated rings. The predicted octanol–water partition coefficient (Wildman–Crippen LogP) is 2.27. The van der Waals surface area contributed by atoms with E-state index >= 15 is 0 Å². The smallest absolute Gasteiger partial charge is 0.241 e. The molecule has 1 unspecified atom stereocenters. The molecule has 26 heavy (non-hydrogen) atoms. The first-order valence-electron chi connectivity index (χ1n) is 9.54. The van der Waals surface area contributed by atoms with Crippen LogP contribution < -0.4 is 4.90 Å². The molecule has 2 heterocycles. The van der Waals surface area contributed by atoms with Gasteiger partial charge in [0.1, 0.15) is 5.82 Å². The van der Waals surface area contributed by atoms with Gasteiger partial charge in [-0.1, -0.05) is 18.9 Å². The lowest BCUT2D eigenvalue weighted by atomic mass is 9.92. The number of likely N-dealkylation sites (N-methyl/N-ethyl adjacent to an activating group) is 1. The molecule has 140 valence electrons. The monoisotopic (exact) mass is 359 g/mol. The number of anilines is 1. The molecule has 1 aromatic carbocycles. The van der Waals surface area contributed by atoms with E-state index in [0.29, 0.717) is 25.3 Å². The Balaban J connectivity index is 1.53. The van der Waals surface area contributed by atoms with Crippen LogP contribution in [-0.4, -0.2) is 60.4 Å². The Labute approximate surface area is 153 Å². The molecule has 1 aliphatic carbocycles. The van der Waals surface area contributed by atoms with E-state index < -0.39 is 0 Å². The van der Waals surface area contributed by atoms with Crippen LogP contribution in [0, 0.1) is 11.7 Å². The van der Waals surface area contributed by atoms with Crippen molar-refractivity contribution in [3.8, 4) is 0 Å². The molecule has 2 saturated heterocycles. The van der Waals surface area contributed by atoms with Crippen molar-refractivity contribution in [2.75, 3.05) is 38.1 Å². The summed E-state index contributed by atoms with van der Waals surface area (Å²) in [4.78, 5) is 31.1. The molecule has 2 amide bonds. The van der Waals surface area contributed by atoms with E-state index in [0.717, 1.165) is 38.6 Å². The zero-order valence-electron chi connectivity index (χ0n) is 15.3. The van der Waals surface area contributed by atoms with Gasteiger partial charge >= 0.3 is 0 Å². The highest BCUT2D eigenvalue weighted by atomic mass is 19.1. The number of benzene rings is 1. The summed E-state index contributed by atoms with van der Waals surface area (Å²) in [6.07, 6.45) is 5.16. The number of halogens is 1. The molecule has 1 saturated carbocycles. The number of carbonyl (C=O) groups is 2. The van der Waals surface area contributed by atoms with Crippen molar-refractivity contribution in [3.05, 3.63) is 30.1 Å². The lowest BCUT2D eigenvalue weighted by Gasteiger charge is -2.46. The number of likely N-dealkylation sites (tertiary alicyclic amines) is 1. The van der Waals surface area contributed by atoms with Gasteiger partial charge in [-0.05, 0) is 44.5 Å². The second-order valence-corrected chi connectivity index (χ2v) is 8.03. The van der Waals surface area contributed by atoms with Gasteiger partial charge in [-0.15, -0.1) is 0 Å². The molecule has 0 radical (unpaired) electrons. The van der Waals surface area contributed by atoms with Crippen LogP contribution in [0.2, 0.25) is 0 Å². The van der Waals surface area contributed by atoms with E-state index in [1.165, 1.54) is 12.1 Å². The average Bonchev–Trinajstić information content (AvgIpc) is 3.29. The minimum absolute atomic E-state index is 0.0238. The van der Waals surface area contributed by atoms with Crippen LogP contribution >= 0.6 is 0 Å². The summed E-state index contributed by atoms with van der Waals surface area (Å²) >= 11 is 0. The van der Waals surface area contributed by atoms with Gasteiger partial charge in [-0.2, -0.15) is 0 Å². The summed E-state index contributed by atoms with van der Waals surface area (Å²) in [5.41, 5.74) is 0.358. The lowest BCUT2D eigenvalue weighted by molar-refractivity contribution is -0.134. The zero-order valence-corrected chi connectivity index (χ0v) is 15.3. The first kappa shape index (κ1) is 17.5. The molecule has 1 aromatic rings. The number of carbonyl (C=O) groups excluding carboxylic acids is 2. The van der Waals surface area contributed by atoms with E-state index in [1.54, 1.807) is 17.0 Å². The van der Waals surface area contributed by atoms with Gasteiger partial charge in [0.25, 0.3) is 0 Å². The van der Waals surface area contributed by atoms with Crippen molar-refractivity contribution in [3.63, 3.8) is 0 Å². The summed E-state index contributed by atoms with van der Waals surface area (Å²) in [7, 11) is 1.96. The van der Waals surface area contributed by atoms with E-state index in [2.05, 4.69) is 4.90 Å². The predicted molar refractivity (Wildman–Crippen MR) is 97.3 cm³/mol. The molecule has 0 bridgehead atoms. The van der Waals surface area contributed by atoms with Crippen LogP contribution in [0.1, 0.15) is 32.1 Å². The maximum absolute atomic E-state index is 13.6. The molecule has 4 rings (SSSR count). The summed E-state index contributed by atoms with van der Waals surface area (Å²) in [6.45, 7) is 2.19. The Bertz CT molecular complexity index is 719. The van der Waals surface area contributed by atoms with Crippen molar-refractivity contribution in [1.29, 1.82) is 0 Å². The van der Waals surface area contributed by atoms with Crippen molar-refractivity contribution >= 4 is 17.5 Å². The van der Waals surface area contributed by atoms with Crippen molar-refractivity contribution in [2.45, 2.75) is 37.6 Å². The maximum atomic E-state index is 13.6. The lowest BCUT2D eigenvalue weighted by Crippen LogP contribution is -2.64. The van der Waals surface area contributed by atoms with E-state index in [9.17, 15) is 14.0 Å². The Morgan fingerprint density at radius 1 is 1.23 bits per heavy atom. The Kier molecular flexibility index (Phi) is 4.47. The van der Waals surface area contributed by atoms with E-state index in [-0.39, 0.29) is 29.1 Å². The van der Waals surface area contributed by atoms with Gasteiger partial charge in [0.2, 0.25) is 11.8 Å². The first-order chi connectivity index (χ1) is 12.5. The summed E-state index contributed by atoms with van der Waals surface area (Å²) in [6, 6.07) is 6.20. The molecule has 0 N–H and O–H groups in total. The molecule has 3 aliphatic rings. The fraction of sp³-hybridized carbons (Fsp3) is 0.600. The Morgan fingerprint density at radius 2 is 2.00 bits per heavy atom. The molecule has 6 heteroatoms. The number of piperazine rings is 1. The number of rotatable bonds is 2. The van der Waals surface area contributed by atoms with Crippen LogP contribution in [0.3, 0.4) is 0 Å². The van der Waals surface area contributed by atoms with Gasteiger partial charge in [0.15, 0.2) is 0 Å². The topological polar surface area (TPSA) is 43.9 Å². The normalized spacial score (nSPS) is 27.7. The van der Waals surface area contributed by atoms with Crippen LogP contribution in [0.5, 0.6) is 0 Å².